The summed E-state index contributed by atoms with van der Waals surface area (Å²) in [5.41, 5.74) is 5.28. The van der Waals surface area contributed by atoms with Gasteiger partial charge in [-0.3, -0.25) is 4.90 Å². The first kappa shape index (κ1) is 6.29. The Morgan fingerprint density at radius 3 is 2.67 bits per heavy atom. The standard InChI is InChI=1S/C6H11N3/c7-6(8)9-4-2-1-3-5-9/h1-2H,3-5H2,(H3,7,8)/p+1. The molecule has 50 valence electrons. The van der Waals surface area contributed by atoms with Crippen LogP contribution in [0.1, 0.15) is 6.42 Å². The van der Waals surface area contributed by atoms with Gasteiger partial charge in [0.2, 0.25) is 0 Å². The number of quaternary nitrogens is 1. The van der Waals surface area contributed by atoms with Gasteiger partial charge in [0.15, 0.2) is 0 Å². The van der Waals surface area contributed by atoms with E-state index in [0.717, 1.165) is 24.4 Å². The molecule has 0 fully saturated rings. The largest absolute Gasteiger partial charge is 0.338 e. The molecule has 1 aliphatic heterocycles. The molecule has 3 heteroatoms. The lowest BCUT2D eigenvalue weighted by Gasteiger charge is -2.16. The van der Waals surface area contributed by atoms with Gasteiger partial charge in [-0.25, -0.2) is 5.41 Å². The Hall–Kier alpha value is -0.830. The number of hydrogen-bond donors (Lipinski definition) is 3. The number of rotatable bonds is 0. The van der Waals surface area contributed by atoms with Crippen LogP contribution in [0.3, 0.4) is 0 Å². The highest BCUT2D eigenvalue weighted by molar-refractivity contribution is 5.64. The lowest BCUT2D eigenvalue weighted by atomic mass is 10.3. The molecule has 0 amide bonds. The van der Waals surface area contributed by atoms with Crippen LogP contribution in [0.2, 0.25) is 0 Å². The zero-order valence-electron chi connectivity index (χ0n) is 5.35. The Labute approximate surface area is 54.7 Å². The Morgan fingerprint density at radius 2 is 2.33 bits per heavy atom. The molecular weight excluding hydrogens is 114 g/mol. The summed E-state index contributed by atoms with van der Waals surface area (Å²) in [6.07, 6.45) is 5.25. The van der Waals surface area contributed by atoms with Crippen molar-refractivity contribution < 1.29 is 4.90 Å². The van der Waals surface area contributed by atoms with E-state index in [1.807, 2.05) is 0 Å². The molecule has 0 aliphatic carbocycles. The van der Waals surface area contributed by atoms with Crippen LogP contribution >= 0.6 is 0 Å². The van der Waals surface area contributed by atoms with E-state index >= 15 is 0 Å². The molecule has 0 saturated heterocycles. The van der Waals surface area contributed by atoms with Gasteiger partial charge < -0.3 is 5.73 Å². The van der Waals surface area contributed by atoms with Gasteiger partial charge in [-0.2, -0.15) is 0 Å². The Morgan fingerprint density at radius 1 is 1.56 bits per heavy atom. The van der Waals surface area contributed by atoms with Gasteiger partial charge in [0.1, 0.15) is 6.54 Å². The summed E-state index contributed by atoms with van der Waals surface area (Å²) in [4.78, 5) is 1.08. The second-order valence-electron chi connectivity index (χ2n) is 2.23. The van der Waals surface area contributed by atoms with Crippen LogP contribution in [0.25, 0.3) is 0 Å². The summed E-state index contributed by atoms with van der Waals surface area (Å²) < 4.78 is 0. The maximum Gasteiger partial charge on any atom is 0.290 e. The first-order valence-electron chi connectivity index (χ1n) is 3.15. The fourth-order valence-corrected chi connectivity index (χ4v) is 0.948. The first-order valence-corrected chi connectivity index (χ1v) is 3.15. The van der Waals surface area contributed by atoms with Crippen LogP contribution in [-0.4, -0.2) is 19.0 Å². The highest BCUT2D eigenvalue weighted by Crippen LogP contribution is 1.80. The molecule has 1 rings (SSSR count). The van der Waals surface area contributed by atoms with Gasteiger partial charge in [0.05, 0.1) is 6.54 Å². The minimum absolute atomic E-state index is 0.263. The Balaban J connectivity index is 2.44. The van der Waals surface area contributed by atoms with Crippen LogP contribution in [0, 0.1) is 5.41 Å². The molecule has 0 saturated carbocycles. The number of hydrogen-bond acceptors (Lipinski definition) is 1. The maximum absolute atomic E-state index is 7.10. The molecule has 1 heterocycles. The molecule has 0 radical (unpaired) electrons. The Kier molecular flexibility index (Phi) is 1.85. The molecule has 9 heavy (non-hydrogen) atoms. The summed E-state index contributed by atoms with van der Waals surface area (Å²) in [7, 11) is 0. The molecule has 0 spiro atoms. The molecule has 0 bridgehead atoms. The molecule has 0 aromatic carbocycles. The van der Waals surface area contributed by atoms with Gasteiger partial charge in [0, 0.05) is 6.42 Å². The van der Waals surface area contributed by atoms with Gasteiger partial charge in [-0.1, -0.05) is 6.08 Å². The van der Waals surface area contributed by atoms with Crippen molar-refractivity contribution in [3.05, 3.63) is 12.2 Å². The van der Waals surface area contributed by atoms with Crippen molar-refractivity contribution in [1.82, 2.24) is 0 Å². The van der Waals surface area contributed by atoms with E-state index in [9.17, 15) is 0 Å². The summed E-state index contributed by atoms with van der Waals surface area (Å²) >= 11 is 0. The van der Waals surface area contributed by atoms with Crippen LogP contribution in [0.5, 0.6) is 0 Å². The van der Waals surface area contributed by atoms with E-state index in [-0.39, 0.29) is 5.96 Å². The average molecular weight is 126 g/mol. The molecule has 1 atom stereocenters. The summed E-state index contributed by atoms with van der Waals surface area (Å²) in [6.45, 7) is 1.86. The summed E-state index contributed by atoms with van der Waals surface area (Å²) in [6, 6.07) is 0. The lowest BCUT2D eigenvalue weighted by Crippen LogP contribution is -3.16. The third kappa shape index (κ3) is 1.54. The third-order valence-electron chi connectivity index (χ3n) is 1.52. The van der Waals surface area contributed by atoms with E-state index in [1.54, 1.807) is 0 Å². The quantitative estimate of drug-likeness (QED) is 0.211. The molecule has 0 aromatic heterocycles. The molecule has 0 aromatic rings. The fraction of sp³-hybridized carbons (Fsp3) is 0.500. The number of nitrogens with one attached hydrogen (secondary N) is 2. The van der Waals surface area contributed by atoms with E-state index in [2.05, 4.69) is 12.2 Å². The SMILES string of the molecule is N=C(N)[NH+]1CC=CCC1. The Bertz CT molecular complexity index is 139. The van der Waals surface area contributed by atoms with Gasteiger partial charge in [-0.05, 0) is 6.08 Å². The second-order valence-corrected chi connectivity index (χ2v) is 2.23. The van der Waals surface area contributed by atoms with Crippen LogP contribution in [0.15, 0.2) is 12.2 Å². The molecule has 1 unspecified atom stereocenters. The molecular formula is C6H12N3+. The van der Waals surface area contributed by atoms with Crippen molar-refractivity contribution in [2.24, 2.45) is 5.73 Å². The minimum Gasteiger partial charge on any atom is -0.338 e. The van der Waals surface area contributed by atoms with Crippen LogP contribution in [-0.2, 0) is 0 Å². The highest BCUT2D eigenvalue weighted by Gasteiger charge is 2.11. The van der Waals surface area contributed by atoms with E-state index < -0.39 is 0 Å². The first-order chi connectivity index (χ1) is 4.30. The normalized spacial score (nSPS) is 26.0. The predicted molar refractivity (Wildman–Crippen MR) is 36.4 cm³/mol. The molecule has 3 nitrogen and oxygen atoms in total. The number of nitrogens with two attached hydrogens (primary N) is 1. The van der Waals surface area contributed by atoms with Gasteiger partial charge in [-0.15, -0.1) is 0 Å². The molecule has 4 N–H and O–H groups in total. The fourth-order valence-electron chi connectivity index (χ4n) is 0.948. The zero-order chi connectivity index (χ0) is 6.69. The topological polar surface area (TPSA) is 54.3 Å². The van der Waals surface area contributed by atoms with Crippen LogP contribution in [0.4, 0.5) is 0 Å². The lowest BCUT2D eigenvalue weighted by molar-refractivity contribution is -0.802. The van der Waals surface area contributed by atoms with Crippen molar-refractivity contribution in [3.63, 3.8) is 0 Å². The zero-order valence-corrected chi connectivity index (χ0v) is 5.35. The highest BCUT2D eigenvalue weighted by atomic mass is 15.2. The third-order valence-corrected chi connectivity index (χ3v) is 1.52. The summed E-state index contributed by atoms with van der Waals surface area (Å²) in [5.74, 6) is 0.263. The second kappa shape index (κ2) is 2.64. The van der Waals surface area contributed by atoms with Gasteiger partial charge in [0.25, 0.3) is 5.96 Å². The van der Waals surface area contributed by atoms with E-state index in [1.165, 1.54) is 0 Å². The smallest absolute Gasteiger partial charge is 0.290 e. The average Bonchev–Trinajstić information content (AvgIpc) is 1.90. The van der Waals surface area contributed by atoms with Crippen LogP contribution < -0.4 is 10.6 Å². The number of guanidine groups is 1. The van der Waals surface area contributed by atoms with Crippen molar-refractivity contribution in [2.45, 2.75) is 6.42 Å². The van der Waals surface area contributed by atoms with Gasteiger partial charge >= 0.3 is 0 Å². The predicted octanol–water partition coefficient (Wildman–Crippen LogP) is -1.28. The van der Waals surface area contributed by atoms with Crippen molar-refractivity contribution >= 4 is 5.96 Å². The maximum atomic E-state index is 7.10. The van der Waals surface area contributed by atoms with Crippen molar-refractivity contribution in [2.75, 3.05) is 13.1 Å². The minimum atomic E-state index is 0.263. The van der Waals surface area contributed by atoms with Crippen molar-refractivity contribution in [1.29, 1.82) is 5.41 Å². The van der Waals surface area contributed by atoms with E-state index in [4.69, 9.17) is 11.1 Å². The van der Waals surface area contributed by atoms with Crippen molar-refractivity contribution in [3.8, 4) is 0 Å². The summed E-state index contributed by atoms with van der Waals surface area (Å²) in [5, 5.41) is 7.10. The monoisotopic (exact) mass is 126 g/mol. The molecule has 1 aliphatic rings. The van der Waals surface area contributed by atoms with E-state index in [0.29, 0.717) is 0 Å².